The molecule has 0 radical (unpaired) electrons. The van der Waals surface area contributed by atoms with Gasteiger partial charge < -0.3 is 15.3 Å². The van der Waals surface area contributed by atoms with Crippen LogP contribution in [0, 0.1) is 35.5 Å². The van der Waals surface area contributed by atoms with E-state index in [0.29, 0.717) is 24.2 Å². The monoisotopic (exact) mass is 346 g/mol. The van der Waals surface area contributed by atoms with Crippen molar-refractivity contribution >= 4 is 5.97 Å². The second-order valence-corrected chi connectivity index (χ2v) is 7.99. The second-order valence-electron chi connectivity index (χ2n) is 7.99. The first-order valence-corrected chi connectivity index (χ1v) is 9.84. The first-order chi connectivity index (χ1) is 12.1. The smallest absolute Gasteiger partial charge is 0.303 e. The molecule has 3 N–H and O–H groups in total. The van der Waals surface area contributed by atoms with E-state index >= 15 is 0 Å². The zero-order valence-corrected chi connectivity index (χ0v) is 14.9. The Hall–Kier alpha value is -1.31. The van der Waals surface area contributed by atoms with E-state index in [1.54, 1.807) is 0 Å². The van der Waals surface area contributed by atoms with Crippen LogP contribution in [-0.4, -0.2) is 33.5 Å². The lowest BCUT2D eigenvalue weighted by molar-refractivity contribution is -0.136. The molecular formula is C21H30O4. The van der Waals surface area contributed by atoms with E-state index in [1.807, 2.05) is 0 Å². The Morgan fingerprint density at radius 3 is 2.68 bits per heavy atom. The van der Waals surface area contributed by atoms with Gasteiger partial charge in [0.2, 0.25) is 0 Å². The van der Waals surface area contributed by atoms with Crippen LogP contribution in [-0.2, 0) is 4.79 Å². The van der Waals surface area contributed by atoms with Gasteiger partial charge in [0.15, 0.2) is 0 Å². The van der Waals surface area contributed by atoms with E-state index in [4.69, 9.17) is 5.11 Å². The highest BCUT2D eigenvalue weighted by atomic mass is 16.4. The van der Waals surface area contributed by atoms with Crippen molar-refractivity contribution in [2.45, 2.75) is 76.4 Å². The summed E-state index contributed by atoms with van der Waals surface area (Å²) in [6.07, 6.45) is 10.3. The van der Waals surface area contributed by atoms with Crippen LogP contribution in [0.5, 0.6) is 0 Å². The lowest BCUT2D eigenvalue weighted by Gasteiger charge is -2.48. The molecule has 138 valence electrons. The number of fused-ring (bicyclic) bond motifs is 1. The number of carboxylic acid groups (broad SMARTS) is 1. The average Bonchev–Trinajstić information content (AvgIpc) is 2.59. The van der Waals surface area contributed by atoms with Gasteiger partial charge >= 0.3 is 5.97 Å². The summed E-state index contributed by atoms with van der Waals surface area (Å²) in [5.74, 6) is 6.59. The molecule has 0 spiro atoms. The van der Waals surface area contributed by atoms with Crippen LogP contribution in [0.1, 0.15) is 64.2 Å². The third kappa shape index (κ3) is 4.46. The van der Waals surface area contributed by atoms with Gasteiger partial charge in [0.25, 0.3) is 0 Å². The van der Waals surface area contributed by atoms with E-state index in [-0.39, 0.29) is 12.3 Å². The van der Waals surface area contributed by atoms with Crippen LogP contribution in [0.2, 0.25) is 0 Å². The van der Waals surface area contributed by atoms with E-state index in [1.165, 1.54) is 24.8 Å². The molecule has 3 aliphatic rings. The summed E-state index contributed by atoms with van der Waals surface area (Å²) in [6.45, 7) is 0. The van der Waals surface area contributed by atoms with Crippen LogP contribution in [0.25, 0.3) is 0 Å². The molecule has 0 aromatic rings. The van der Waals surface area contributed by atoms with E-state index < -0.39 is 18.2 Å². The Morgan fingerprint density at radius 2 is 1.96 bits per heavy atom. The number of allylic oxidation sites excluding steroid dienone is 2. The van der Waals surface area contributed by atoms with Crippen LogP contribution in [0.4, 0.5) is 0 Å². The molecule has 3 rings (SSSR count). The molecule has 0 aromatic heterocycles. The number of aliphatic carboxylic acids is 1. The minimum absolute atomic E-state index is 0.0476. The summed E-state index contributed by atoms with van der Waals surface area (Å²) >= 11 is 0. The largest absolute Gasteiger partial charge is 0.481 e. The molecule has 0 saturated heterocycles. The Kier molecular flexibility index (Phi) is 6.19. The van der Waals surface area contributed by atoms with Gasteiger partial charge in [0.05, 0.1) is 12.0 Å². The molecule has 3 fully saturated rings. The summed E-state index contributed by atoms with van der Waals surface area (Å²) in [4.78, 5) is 10.6. The Bertz CT molecular complexity index is 564. The summed E-state index contributed by atoms with van der Waals surface area (Å²) in [5, 5.41) is 29.5. The zero-order chi connectivity index (χ0) is 17.8. The third-order valence-corrected chi connectivity index (χ3v) is 6.37. The highest BCUT2D eigenvalue weighted by Crippen LogP contribution is 2.51. The molecule has 4 heteroatoms. The van der Waals surface area contributed by atoms with Crippen LogP contribution in [0.15, 0.2) is 11.6 Å². The Labute approximate surface area is 150 Å². The molecule has 0 amide bonds. The van der Waals surface area contributed by atoms with Crippen LogP contribution >= 0.6 is 0 Å². The minimum atomic E-state index is -0.757. The van der Waals surface area contributed by atoms with Crippen LogP contribution in [0.3, 0.4) is 0 Å². The number of aliphatic hydroxyl groups excluding tert-OH is 2. The topological polar surface area (TPSA) is 77.8 Å². The molecule has 25 heavy (non-hydrogen) atoms. The molecule has 5 atom stereocenters. The molecule has 3 saturated carbocycles. The summed E-state index contributed by atoms with van der Waals surface area (Å²) in [5.41, 5.74) is 1.35. The van der Waals surface area contributed by atoms with Crippen molar-refractivity contribution in [1.82, 2.24) is 0 Å². The highest BCUT2D eigenvalue weighted by Gasteiger charge is 2.46. The van der Waals surface area contributed by atoms with Crippen LogP contribution < -0.4 is 0 Å². The van der Waals surface area contributed by atoms with Gasteiger partial charge in [-0.05, 0) is 56.3 Å². The van der Waals surface area contributed by atoms with Gasteiger partial charge in [-0.25, -0.2) is 0 Å². The molecule has 3 aliphatic carbocycles. The third-order valence-electron chi connectivity index (χ3n) is 6.37. The first kappa shape index (κ1) is 18.5. The van der Waals surface area contributed by atoms with Crippen molar-refractivity contribution in [3.05, 3.63) is 11.6 Å². The van der Waals surface area contributed by atoms with E-state index in [9.17, 15) is 15.0 Å². The van der Waals surface area contributed by atoms with Crippen molar-refractivity contribution in [3.63, 3.8) is 0 Å². The quantitative estimate of drug-likeness (QED) is 0.540. The van der Waals surface area contributed by atoms with Gasteiger partial charge in [0.1, 0.15) is 6.10 Å². The van der Waals surface area contributed by atoms with Gasteiger partial charge in [-0.1, -0.05) is 42.8 Å². The number of carboxylic acids is 1. The molecule has 0 heterocycles. The van der Waals surface area contributed by atoms with Gasteiger partial charge in [-0.3, -0.25) is 4.79 Å². The van der Waals surface area contributed by atoms with Gasteiger partial charge in [-0.15, -0.1) is 0 Å². The van der Waals surface area contributed by atoms with Crippen molar-refractivity contribution in [3.8, 4) is 11.8 Å². The molecule has 0 aromatic carbocycles. The first-order valence-electron chi connectivity index (χ1n) is 9.84. The number of rotatable bonds is 4. The van der Waals surface area contributed by atoms with Crippen molar-refractivity contribution in [2.75, 3.05) is 0 Å². The number of carbonyl (C=O) groups is 1. The number of hydrogen-bond donors (Lipinski definition) is 3. The highest BCUT2D eigenvalue weighted by molar-refractivity contribution is 5.66. The summed E-state index contributed by atoms with van der Waals surface area (Å²) in [6, 6.07) is 0. The average molecular weight is 346 g/mol. The number of aliphatic hydroxyl groups is 2. The van der Waals surface area contributed by atoms with Crippen molar-refractivity contribution < 1.29 is 20.1 Å². The molecule has 0 bridgehead atoms. The lowest BCUT2D eigenvalue weighted by Crippen LogP contribution is -2.44. The fraction of sp³-hybridized carbons (Fsp3) is 0.762. The van der Waals surface area contributed by atoms with Crippen molar-refractivity contribution in [1.29, 1.82) is 0 Å². The number of hydrogen-bond acceptors (Lipinski definition) is 3. The Balaban J connectivity index is 1.58. The molecule has 5 unspecified atom stereocenters. The van der Waals surface area contributed by atoms with Crippen molar-refractivity contribution in [2.24, 2.45) is 23.7 Å². The second kappa shape index (κ2) is 8.38. The lowest BCUT2D eigenvalue weighted by atomic mass is 9.57. The predicted octanol–water partition coefficient (Wildman–Crippen LogP) is 3.13. The maximum Gasteiger partial charge on any atom is 0.303 e. The summed E-state index contributed by atoms with van der Waals surface area (Å²) < 4.78 is 0. The standard InChI is InChI=1S/C21H30O4/c22-19(14-5-2-1-3-6-14)11-10-17-18-13-15(7-4-8-21(24)25)16(18)9-12-20(17)23/h7,14,16-20,22-23H,1-6,8-9,12-13H2,(H,24,25). The van der Waals surface area contributed by atoms with E-state index in [2.05, 4.69) is 17.9 Å². The predicted molar refractivity (Wildman–Crippen MR) is 95.6 cm³/mol. The zero-order valence-electron chi connectivity index (χ0n) is 14.9. The van der Waals surface area contributed by atoms with Gasteiger partial charge in [-0.2, -0.15) is 0 Å². The fourth-order valence-corrected chi connectivity index (χ4v) is 4.84. The normalized spacial score (nSPS) is 35.2. The fourth-order valence-electron chi connectivity index (χ4n) is 4.84. The van der Waals surface area contributed by atoms with E-state index in [0.717, 1.165) is 32.1 Å². The SMILES string of the molecule is O=C(O)CCC=C1CC2C1CCC(O)C2C#CC(O)C1CCCCC1. The maximum atomic E-state index is 10.6. The summed E-state index contributed by atoms with van der Waals surface area (Å²) in [7, 11) is 0. The maximum absolute atomic E-state index is 10.6. The van der Waals surface area contributed by atoms with Gasteiger partial charge in [0, 0.05) is 6.42 Å². The molecular weight excluding hydrogens is 316 g/mol. The molecule has 0 aliphatic heterocycles. The Morgan fingerprint density at radius 1 is 1.20 bits per heavy atom. The minimum Gasteiger partial charge on any atom is -0.481 e. The molecule has 4 nitrogen and oxygen atoms in total.